The molecule has 2 aromatic rings. The molecule has 0 atom stereocenters. The SMILES string of the molecule is Cc1nc(COc2c(C)cccc2CCl)cs1. The third-order valence-electron chi connectivity index (χ3n) is 2.47. The van der Waals surface area contributed by atoms with Gasteiger partial charge in [-0.2, -0.15) is 0 Å². The predicted octanol–water partition coefficient (Wildman–Crippen LogP) is 4.08. The number of para-hydroxylation sites is 1. The second-order valence-corrected chi connectivity index (χ2v) is 5.17. The molecule has 0 bridgehead atoms. The highest BCUT2D eigenvalue weighted by Gasteiger charge is 2.07. The summed E-state index contributed by atoms with van der Waals surface area (Å²) < 4.78 is 5.82. The molecule has 2 rings (SSSR count). The van der Waals surface area contributed by atoms with Crippen molar-refractivity contribution in [2.45, 2.75) is 26.3 Å². The Bertz CT molecular complexity index is 510. The van der Waals surface area contributed by atoms with E-state index in [0.717, 1.165) is 27.6 Å². The van der Waals surface area contributed by atoms with E-state index in [2.05, 4.69) is 4.98 Å². The van der Waals surface area contributed by atoms with Crippen molar-refractivity contribution in [2.75, 3.05) is 0 Å². The average molecular weight is 268 g/mol. The van der Waals surface area contributed by atoms with Gasteiger partial charge >= 0.3 is 0 Å². The van der Waals surface area contributed by atoms with Crippen LogP contribution in [0, 0.1) is 13.8 Å². The summed E-state index contributed by atoms with van der Waals surface area (Å²) in [5.41, 5.74) is 3.10. The highest BCUT2D eigenvalue weighted by molar-refractivity contribution is 7.09. The van der Waals surface area contributed by atoms with Crippen LogP contribution in [0.4, 0.5) is 0 Å². The van der Waals surface area contributed by atoms with Crippen molar-refractivity contribution in [2.24, 2.45) is 0 Å². The Morgan fingerprint density at radius 2 is 2.18 bits per heavy atom. The fourth-order valence-corrected chi connectivity index (χ4v) is 2.45. The Balaban J connectivity index is 2.13. The molecule has 0 fully saturated rings. The highest BCUT2D eigenvalue weighted by Crippen LogP contribution is 2.25. The van der Waals surface area contributed by atoms with Gasteiger partial charge in [0.05, 0.1) is 16.6 Å². The summed E-state index contributed by atoms with van der Waals surface area (Å²) in [7, 11) is 0. The molecule has 0 radical (unpaired) electrons. The van der Waals surface area contributed by atoms with E-state index in [1.54, 1.807) is 11.3 Å². The van der Waals surface area contributed by atoms with Crippen molar-refractivity contribution in [1.82, 2.24) is 4.98 Å². The van der Waals surface area contributed by atoms with E-state index in [4.69, 9.17) is 16.3 Å². The molecular weight excluding hydrogens is 254 g/mol. The lowest BCUT2D eigenvalue weighted by Crippen LogP contribution is -2.00. The lowest BCUT2D eigenvalue weighted by atomic mass is 10.1. The van der Waals surface area contributed by atoms with Crippen molar-refractivity contribution in [3.05, 3.63) is 45.4 Å². The van der Waals surface area contributed by atoms with Gasteiger partial charge in [0.25, 0.3) is 0 Å². The maximum Gasteiger partial charge on any atom is 0.131 e. The molecule has 0 saturated carbocycles. The second kappa shape index (κ2) is 5.52. The average Bonchev–Trinajstić information content (AvgIpc) is 2.73. The molecule has 17 heavy (non-hydrogen) atoms. The molecule has 1 aromatic heterocycles. The lowest BCUT2D eigenvalue weighted by Gasteiger charge is -2.11. The number of ether oxygens (including phenoxy) is 1. The summed E-state index contributed by atoms with van der Waals surface area (Å²) in [6.45, 7) is 4.52. The first kappa shape index (κ1) is 12.4. The molecule has 0 amide bonds. The molecule has 0 saturated heterocycles. The summed E-state index contributed by atoms with van der Waals surface area (Å²) in [6, 6.07) is 6.01. The number of benzene rings is 1. The summed E-state index contributed by atoms with van der Waals surface area (Å²) in [6.07, 6.45) is 0. The zero-order valence-electron chi connectivity index (χ0n) is 9.87. The molecular formula is C13H14ClNOS. The number of rotatable bonds is 4. The van der Waals surface area contributed by atoms with Crippen LogP contribution in [0.1, 0.15) is 21.8 Å². The van der Waals surface area contributed by atoms with Crippen LogP contribution in [-0.2, 0) is 12.5 Å². The predicted molar refractivity (Wildman–Crippen MR) is 71.9 cm³/mol. The normalized spacial score (nSPS) is 10.5. The largest absolute Gasteiger partial charge is 0.487 e. The van der Waals surface area contributed by atoms with E-state index >= 15 is 0 Å². The number of nitrogens with zero attached hydrogens (tertiary/aromatic N) is 1. The lowest BCUT2D eigenvalue weighted by molar-refractivity contribution is 0.297. The van der Waals surface area contributed by atoms with Crippen LogP contribution in [0.15, 0.2) is 23.6 Å². The van der Waals surface area contributed by atoms with Crippen molar-refractivity contribution in [3.63, 3.8) is 0 Å². The molecule has 1 heterocycles. The van der Waals surface area contributed by atoms with Gasteiger partial charge in [0.15, 0.2) is 0 Å². The molecule has 90 valence electrons. The highest BCUT2D eigenvalue weighted by atomic mass is 35.5. The first-order chi connectivity index (χ1) is 8.20. The van der Waals surface area contributed by atoms with Gasteiger partial charge in [-0.15, -0.1) is 22.9 Å². The fourth-order valence-electron chi connectivity index (χ4n) is 1.65. The van der Waals surface area contributed by atoms with E-state index < -0.39 is 0 Å². The van der Waals surface area contributed by atoms with Crippen molar-refractivity contribution in [1.29, 1.82) is 0 Å². The monoisotopic (exact) mass is 267 g/mol. The number of alkyl halides is 1. The number of hydrogen-bond acceptors (Lipinski definition) is 3. The van der Waals surface area contributed by atoms with Crippen LogP contribution in [-0.4, -0.2) is 4.98 Å². The maximum atomic E-state index is 5.90. The minimum atomic E-state index is 0.465. The minimum absolute atomic E-state index is 0.465. The Labute approximate surface area is 110 Å². The van der Waals surface area contributed by atoms with E-state index in [1.165, 1.54) is 0 Å². The van der Waals surface area contributed by atoms with Crippen LogP contribution in [0.2, 0.25) is 0 Å². The molecule has 0 aliphatic rings. The van der Waals surface area contributed by atoms with E-state index in [9.17, 15) is 0 Å². The second-order valence-electron chi connectivity index (χ2n) is 3.84. The van der Waals surface area contributed by atoms with E-state index in [1.807, 2.05) is 37.4 Å². The Kier molecular flexibility index (Phi) is 4.02. The molecule has 0 aliphatic heterocycles. The molecule has 1 aromatic carbocycles. The Morgan fingerprint density at radius 3 is 2.82 bits per heavy atom. The minimum Gasteiger partial charge on any atom is -0.487 e. The van der Waals surface area contributed by atoms with Gasteiger partial charge in [-0.1, -0.05) is 18.2 Å². The standard InChI is InChI=1S/C13H14ClNOS/c1-9-4-3-5-11(6-14)13(9)16-7-12-8-17-10(2)15-12/h3-5,8H,6-7H2,1-2H3. The van der Waals surface area contributed by atoms with Crippen LogP contribution < -0.4 is 4.74 Å². The van der Waals surface area contributed by atoms with E-state index in [0.29, 0.717) is 12.5 Å². The summed E-state index contributed by atoms with van der Waals surface area (Å²) in [5, 5.41) is 3.08. The van der Waals surface area contributed by atoms with Gasteiger partial charge in [-0.05, 0) is 19.4 Å². The van der Waals surface area contributed by atoms with Crippen LogP contribution >= 0.6 is 22.9 Å². The molecule has 0 aliphatic carbocycles. The topological polar surface area (TPSA) is 22.1 Å². The van der Waals surface area contributed by atoms with Gasteiger partial charge < -0.3 is 4.74 Å². The number of hydrogen-bond donors (Lipinski definition) is 0. The van der Waals surface area contributed by atoms with Gasteiger partial charge in [0.1, 0.15) is 12.4 Å². The zero-order chi connectivity index (χ0) is 12.3. The van der Waals surface area contributed by atoms with Crippen LogP contribution in [0.3, 0.4) is 0 Å². The first-order valence-corrected chi connectivity index (χ1v) is 6.80. The van der Waals surface area contributed by atoms with Gasteiger partial charge in [0, 0.05) is 10.9 Å². The van der Waals surface area contributed by atoms with Gasteiger partial charge in [-0.3, -0.25) is 0 Å². The molecule has 4 heteroatoms. The number of aryl methyl sites for hydroxylation is 2. The molecule has 0 N–H and O–H groups in total. The molecule has 0 unspecified atom stereocenters. The van der Waals surface area contributed by atoms with Crippen molar-refractivity contribution < 1.29 is 4.74 Å². The van der Waals surface area contributed by atoms with Crippen molar-refractivity contribution in [3.8, 4) is 5.75 Å². The summed E-state index contributed by atoms with van der Waals surface area (Å²) in [5.74, 6) is 1.35. The van der Waals surface area contributed by atoms with Crippen molar-refractivity contribution >= 4 is 22.9 Å². The third-order valence-corrected chi connectivity index (χ3v) is 3.58. The van der Waals surface area contributed by atoms with Gasteiger partial charge in [0.2, 0.25) is 0 Å². The third kappa shape index (κ3) is 2.99. The fraction of sp³-hybridized carbons (Fsp3) is 0.308. The Hall–Kier alpha value is -1.06. The molecule has 2 nitrogen and oxygen atoms in total. The molecule has 0 spiro atoms. The van der Waals surface area contributed by atoms with Crippen LogP contribution in [0.5, 0.6) is 5.75 Å². The number of aromatic nitrogens is 1. The number of thiazole rings is 1. The van der Waals surface area contributed by atoms with Gasteiger partial charge in [-0.25, -0.2) is 4.98 Å². The quantitative estimate of drug-likeness (QED) is 0.779. The maximum absolute atomic E-state index is 5.90. The van der Waals surface area contributed by atoms with Crippen LogP contribution in [0.25, 0.3) is 0 Å². The summed E-state index contributed by atoms with van der Waals surface area (Å²) in [4.78, 5) is 4.37. The first-order valence-electron chi connectivity index (χ1n) is 5.39. The smallest absolute Gasteiger partial charge is 0.131 e. The van der Waals surface area contributed by atoms with E-state index in [-0.39, 0.29) is 0 Å². The Morgan fingerprint density at radius 1 is 1.35 bits per heavy atom. The number of halogens is 1. The zero-order valence-corrected chi connectivity index (χ0v) is 11.4. The summed E-state index contributed by atoms with van der Waals surface area (Å²) >= 11 is 7.53.